The van der Waals surface area contributed by atoms with Crippen LogP contribution in [-0.2, 0) is 0 Å². The Kier molecular flexibility index (Phi) is 3.00. The minimum absolute atomic E-state index is 0.435. The van der Waals surface area contributed by atoms with E-state index in [-0.39, 0.29) is 0 Å². The normalized spacial score (nSPS) is 17.2. The fraction of sp³-hybridized carbons (Fsp3) is 0.462. The van der Waals surface area contributed by atoms with E-state index in [9.17, 15) is 0 Å². The SMILES string of the molecule is CC(Nc1ccc(N)cc1C#N)C1CCC1. The molecule has 3 heteroatoms. The zero-order chi connectivity index (χ0) is 11.5. The Hall–Kier alpha value is -1.69. The van der Waals surface area contributed by atoms with Gasteiger partial charge in [0.2, 0.25) is 0 Å². The highest BCUT2D eigenvalue weighted by Gasteiger charge is 2.24. The molecule has 1 aliphatic carbocycles. The van der Waals surface area contributed by atoms with Crippen LogP contribution >= 0.6 is 0 Å². The van der Waals surface area contributed by atoms with Gasteiger partial charge in [0.25, 0.3) is 0 Å². The van der Waals surface area contributed by atoms with Crippen molar-refractivity contribution in [1.82, 2.24) is 0 Å². The average molecular weight is 215 g/mol. The third kappa shape index (κ3) is 2.11. The minimum atomic E-state index is 0.435. The highest BCUT2D eigenvalue weighted by Crippen LogP contribution is 2.31. The van der Waals surface area contributed by atoms with Crippen molar-refractivity contribution < 1.29 is 0 Å². The second kappa shape index (κ2) is 4.44. The molecule has 0 spiro atoms. The zero-order valence-corrected chi connectivity index (χ0v) is 9.53. The number of nitrogens with zero attached hydrogens (tertiary/aromatic N) is 1. The van der Waals surface area contributed by atoms with E-state index < -0.39 is 0 Å². The topological polar surface area (TPSA) is 61.8 Å². The van der Waals surface area contributed by atoms with Crippen LogP contribution in [0.2, 0.25) is 0 Å². The van der Waals surface area contributed by atoms with Crippen LogP contribution in [0.5, 0.6) is 0 Å². The Balaban J connectivity index is 2.11. The summed E-state index contributed by atoms with van der Waals surface area (Å²) >= 11 is 0. The first-order valence-corrected chi connectivity index (χ1v) is 5.77. The largest absolute Gasteiger partial charge is 0.399 e. The third-order valence-electron chi connectivity index (χ3n) is 3.40. The van der Waals surface area contributed by atoms with Gasteiger partial charge in [-0.25, -0.2) is 0 Å². The molecule has 1 saturated carbocycles. The van der Waals surface area contributed by atoms with E-state index in [0.29, 0.717) is 17.3 Å². The number of nitriles is 1. The van der Waals surface area contributed by atoms with Gasteiger partial charge in [0.05, 0.1) is 11.3 Å². The molecule has 0 amide bonds. The molecule has 3 N–H and O–H groups in total. The monoisotopic (exact) mass is 215 g/mol. The molecule has 1 unspecified atom stereocenters. The summed E-state index contributed by atoms with van der Waals surface area (Å²) in [6.07, 6.45) is 3.93. The van der Waals surface area contributed by atoms with Crippen LogP contribution in [0.3, 0.4) is 0 Å². The van der Waals surface area contributed by atoms with Gasteiger partial charge in [0, 0.05) is 11.7 Å². The Morgan fingerprint density at radius 1 is 1.50 bits per heavy atom. The number of nitrogens with two attached hydrogens (primary N) is 1. The Morgan fingerprint density at radius 2 is 2.25 bits per heavy atom. The van der Waals surface area contributed by atoms with Crippen molar-refractivity contribution >= 4 is 11.4 Å². The molecule has 1 fully saturated rings. The Labute approximate surface area is 96.3 Å². The van der Waals surface area contributed by atoms with E-state index in [0.717, 1.165) is 11.6 Å². The molecule has 3 nitrogen and oxygen atoms in total. The molecule has 1 aromatic carbocycles. The van der Waals surface area contributed by atoms with E-state index in [1.165, 1.54) is 19.3 Å². The van der Waals surface area contributed by atoms with Crippen LogP contribution in [-0.4, -0.2) is 6.04 Å². The lowest BCUT2D eigenvalue weighted by molar-refractivity contribution is 0.285. The predicted molar refractivity (Wildman–Crippen MR) is 66.0 cm³/mol. The second-order valence-corrected chi connectivity index (χ2v) is 4.54. The first kappa shape index (κ1) is 10.8. The van der Waals surface area contributed by atoms with Crippen molar-refractivity contribution in [2.75, 3.05) is 11.1 Å². The van der Waals surface area contributed by atoms with Crippen molar-refractivity contribution in [3.05, 3.63) is 23.8 Å². The maximum absolute atomic E-state index is 9.02. The van der Waals surface area contributed by atoms with E-state index in [2.05, 4.69) is 18.3 Å². The maximum Gasteiger partial charge on any atom is 0.101 e. The number of rotatable bonds is 3. The number of hydrogen-bond acceptors (Lipinski definition) is 3. The molecule has 0 saturated heterocycles. The van der Waals surface area contributed by atoms with Gasteiger partial charge in [0.15, 0.2) is 0 Å². The summed E-state index contributed by atoms with van der Waals surface area (Å²) in [7, 11) is 0. The summed E-state index contributed by atoms with van der Waals surface area (Å²) in [4.78, 5) is 0. The summed E-state index contributed by atoms with van der Waals surface area (Å²) in [5.41, 5.74) is 7.82. The van der Waals surface area contributed by atoms with Gasteiger partial charge in [-0.2, -0.15) is 5.26 Å². The standard InChI is InChI=1S/C13H17N3/c1-9(10-3-2-4-10)16-13-6-5-12(15)7-11(13)8-14/h5-7,9-10,16H,2-4,15H2,1H3. The zero-order valence-electron chi connectivity index (χ0n) is 9.53. The Bertz CT molecular complexity index is 416. The minimum Gasteiger partial charge on any atom is -0.399 e. The number of nitrogens with one attached hydrogen (secondary N) is 1. The van der Waals surface area contributed by atoms with Crippen molar-refractivity contribution in [3.8, 4) is 6.07 Å². The highest BCUT2D eigenvalue weighted by molar-refractivity contribution is 5.63. The Morgan fingerprint density at radius 3 is 2.81 bits per heavy atom. The van der Waals surface area contributed by atoms with Gasteiger partial charge in [-0.3, -0.25) is 0 Å². The molecule has 1 atom stereocenters. The van der Waals surface area contributed by atoms with Gasteiger partial charge in [-0.05, 0) is 43.9 Å². The van der Waals surface area contributed by atoms with Gasteiger partial charge < -0.3 is 11.1 Å². The van der Waals surface area contributed by atoms with Gasteiger partial charge in [-0.1, -0.05) is 6.42 Å². The molecule has 0 bridgehead atoms. The lowest BCUT2D eigenvalue weighted by Crippen LogP contribution is -2.31. The van der Waals surface area contributed by atoms with Crippen LogP contribution in [0.15, 0.2) is 18.2 Å². The first-order chi connectivity index (χ1) is 7.70. The number of nitrogen functional groups attached to an aromatic ring is 1. The number of hydrogen-bond donors (Lipinski definition) is 2. The van der Waals surface area contributed by atoms with Crippen LogP contribution in [0.4, 0.5) is 11.4 Å². The summed E-state index contributed by atoms with van der Waals surface area (Å²) in [6, 6.07) is 8.05. The molecule has 2 rings (SSSR count). The van der Waals surface area contributed by atoms with Crippen molar-refractivity contribution in [3.63, 3.8) is 0 Å². The molecule has 1 aliphatic rings. The lowest BCUT2D eigenvalue weighted by Gasteiger charge is -2.32. The second-order valence-electron chi connectivity index (χ2n) is 4.54. The van der Waals surface area contributed by atoms with Gasteiger partial charge in [-0.15, -0.1) is 0 Å². The average Bonchev–Trinajstić information content (AvgIpc) is 2.18. The van der Waals surface area contributed by atoms with Crippen molar-refractivity contribution in [1.29, 1.82) is 5.26 Å². The predicted octanol–water partition coefficient (Wildman–Crippen LogP) is 2.74. The molecule has 0 heterocycles. The highest BCUT2D eigenvalue weighted by atomic mass is 14.9. The van der Waals surface area contributed by atoms with Crippen molar-refractivity contribution in [2.24, 2.45) is 5.92 Å². The summed E-state index contributed by atoms with van der Waals surface area (Å²) in [5, 5.41) is 12.4. The smallest absolute Gasteiger partial charge is 0.101 e. The maximum atomic E-state index is 9.02. The lowest BCUT2D eigenvalue weighted by atomic mass is 9.80. The van der Waals surface area contributed by atoms with Crippen LogP contribution in [0.25, 0.3) is 0 Å². The number of anilines is 2. The van der Waals surface area contributed by atoms with Crippen LogP contribution in [0, 0.1) is 17.2 Å². The van der Waals surface area contributed by atoms with E-state index in [1.54, 1.807) is 6.07 Å². The van der Waals surface area contributed by atoms with E-state index in [1.807, 2.05) is 12.1 Å². The summed E-state index contributed by atoms with van der Waals surface area (Å²) < 4.78 is 0. The van der Waals surface area contributed by atoms with Crippen LogP contribution < -0.4 is 11.1 Å². The molecule has 1 aromatic rings. The van der Waals surface area contributed by atoms with Crippen molar-refractivity contribution in [2.45, 2.75) is 32.2 Å². The fourth-order valence-electron chi connectivity index (χ4n) is 2.08. The van der Waals surface area contributed by atoms with E-state index >= 15 is 0 Å². The summed E-state index contributed by atoms with van der Waals surface area (Å²) in [6.45, 7) is 2.18. The summed E-state index contributed by atoms with van der Waals surface area (Å²) in [5.74, 6) is 0.754. The molecule has 0 aromatic heterocycles. The van der Waals surface area contributed by atoms with E-state index in [4.69, 9.17) is 11.0 Å². The molecule has 16 heavy (non-hydrogen) atoms. The van der Waals surface area contributed by atoms with Gasteiger partial charge >= 0.3 is 0 Å². The quantitative estimate of drug-likeness (QED) is 0.762. The van der Waals surface area contributed by atoms with Crippen LogP contribution in [0.1, 0.15) is 31.7 Å². The third-order valence-corrected chi connectivity index (χ3v) is 3.40. The molecular weight excluding hydrogens is 198 g/mol. The first-order valence-electron chi connectivity index (χ1n) is 5.77. The van der Waals surface area contributed by atoms with Gasteiger partial charge in [0.1, 0.15) is 6.07 Å². The number of benzene rings is 1. The fourth-order valence-corrected chi connectivity index (χ4v) is 2.08. The molecule has 0 radical (unpaired) electrons. The molecular formula is C13H17N3. The molecule has 0 aliphatic heterocycles. The molecule has 84 valence electrons.